The van der Waals surface area contributed by atoms with E-state index in [1.54, 1.807) is 12.5 Å². The van der Waals surface area contributed by atoms with Gasteiger partial charge in [-0.05, 0) is 33.0 Å². The molecule has 1 aromatic heterocycles. The van der Waals surface area contributed by atoms with Crippen molar-refractivity contribution in [2.24, 2.45) is 0 Å². The van der Waals surface area contributed by atoms with Gasteiger partial charge < -0.3 is 14.7 Å². The Labute approximate surface area is 84.3 Å². The summed E-state index contributed by atoms with van der Waals surface area (Å²) in [6.07, 6.45) is 5.94. The van der Waals surface area contributed by atoms with E-state index >= 15 is 0 Å². The second-order valence-electron chi connectivity index (χ2n) is 3.99. The van der Waals surface area contributed by atoms with Crippen LogP contribution in [0.15, 0.2) is 17.0 Å². The van der Waals surface area contributed by atoms with Crippen molar-refractivity contribution in [3.8, 4) is 0 Å². The molecular formula is C10H17N3O. The molecule has 4 heteroatoms. The number of hydrogen-bond acceptors (Lipinski definition) is 4. The molecule has 2 heterocycles. The van der Waals surface area contributed by atoms with Gasteiger partial charge in [0.25, 0.3) is 0 Å². The molecule has 0 unspecified atom stereocenters. The molecule has 0 atom stereocenters. The molecule has 4 nitrogen and oxygen atoms in total. The van der Waals surface area contributed by atoms with Gasteiger partial charge in [-0.3, -0.25) is 0 Å². The van der Waals surface area contributed by atoms with Crippen LogP contribution in [0.1, 0.15) is 18.4 Å². The maximum atomic E-state index is 4.77. The van der Waals surface area contributed by atoms with E-state index in [0.717, 1.165) is 12.1 Å². The van der Waals surface area contributed by atoms with Crippen LogP contribution in [0, 0.1) is 0 Å². The molecule has 2 rings (SSSR count). The average Bonchev–Trinajstić information content (AvgIpc) is 2.70. The van der Waals surface area contributed by atoms with E-state index in [1.807, 2.05) is 0 Å². The van der Waals surface area contributed by atoms with Crippen LogP contribution in [0.2, 0.25) is 0 Å². The van der Waals surface area contributed by atoms with Crippen molar-refractivity contribution >= 4 is 0 Å². The van der Waals surface area contributed by atoms with Crippen molar-refractivity contribution in [1.82, 2.24) is 15.4 Å². The monoisotopic (exact) mass is 195 g/mol. The maximum absolute atomic E-state index is 4.77. The molecule has 14 heavy (non-hydrogen) atoms. The SMILES string of the molecule is CN1CCC(NCc2cnoc2)CC1. The quantitative estimate of drug-likeness (QED) is 0.776. The Morgan fingerprint density at radius 3 is 3.00 bits per heavy atom. The molecular weight excluding hydrogens is 178 g/mol. The van der Waals surface area contributed by atoms with E-state index < -0.39 is 0 Å². The molecule has 0 bridgehead atoms. The fourth-order valence-corrected chi connectivity index (χ4v) is 1.79. The third-order valence-electron chi connectivity index (χ3n) is 2.80. The minimum absolute atomic E-state index is 0.654. The summed E-state index contributed by atoms with van der Waals surface area (Å²) in [5, 5.41) is 7.19. The van der Waals surface area contributed by atoms with Gasteiger partial charge in [-0.25, -0.2) is 0 Å². The van der Waals surface area contributed by atoms with Crippen molar-refractivity contribution in [2.75, 3.05) is 20.1 Å². The number of nitrogens with one attached hydrogen (secondary N) is 1. The van der Waals surface area contributed by atoms with E-state index in [2.05, 4.69) is 22.4 Å². The lowest BCUT2D eigenvalue weighted by Crippen LogP contribution is -2.40. The second-order valence-corrected chi connectivity index (χ2v) is 3.99. The molecule has 0 aromatic carbocycles. The van der Waals surface area contributed by atoms with Gasteiger partial charge in [-0.2, -0.15) is 0 Å². The highest BCUT2D eigenvalue weighted by atomic mass is 16.5. The predicted octanol–water partition coefficient (Wildman–Crippen LogP) is 0.858. The number of nitrogens with zero attached hydrogens (tertiary/aromatic N) is 2. The molecule has 78 valence electrons. The second kappa shape index (κ2) is 4.57. The van der Waals surface area contributed by atoms with Crippen LogP contribution in [0.25, 0.3) is 0 Å². The van der Waals surface area contributed by atoms with E-state index in [0.29, 0.717) is 6.04 Å². The summed E-state index contributed by atoms with van der Waals surface area (Å²) >= 11 is 0. The first-order valence-corrected chi connectivity index (χ1v) is 5.15. The Hall–Kier alpha value is -0.870. The first-order chi connectivity index (χ1) is 6.84. The van der Waals surface area contributed by atoms with Gasteiger partial charge in [-0.1, -0.05) is 5.16 Å². The Bertz CT molecular complexity index is 252. The Morgan fingerprint density at radius 1 is 1.57 bits per heavy atom. The molecule has 1 aromatic rings. The molecule has 0 radical (unpaired) electrons. The predicted molar refractivity (Wildman–Crippen MR) is 53.9 cm³/mol. The third-order valence-corrected chi connectivity index (χ3v) is 2.80. The molecule has 0 aliphatic carbocycles. The number of rotatable bonds is 3. The fourth-order valence-electron chi connectivity index (χ4n) is 1.79. The van der Waals surface area contributed by atoms with Gasteiger partial charge in [0.15, 0.2) is 0 Å². The summed E-state index contributed by atoms with van der Waals surface area (Å²) < 4.78 is 4.77. The van der Waals surface area contributed by atoms with Gasteiger partial charge in [-0.15, -0.1) is 0 Å². The van der Waals surface area contributed by atoms with Crippen LogP contribution in [0.5, 0.6) is 0 Å². The summed E-state index contributed by atoms with van der Waals surface area (Å²) in [6.45, 7) is 3.26. The fraction of sp³-hybridized carbons (Fsp3) is 0.700. The highest BCUT2D eigenvalue weighted by Crippen LogP contribution is 2.09. The van der Waals surface area contributed by atoms with Crippen LogP contribution < -0.4 is 5.32 Å². The van der Waals surface area contributed by atoms with Crippen LogP contribution >= 0.6 is 0 Å². The van der Waals surface area contributed by atoms with E-state index in [4.69, 9.17) is 4.52 Å². The molecule has 0 spiro atoms. The lowest BCUT2D eigenvalue weighted by molar-refractivity contribution is 0.234. The molecule has 0 amide bonds. The minimum atomic E-state index is 0.654. The Morgan fingerprint density at radius 2 is 2.36 bits per heavy atom. The average molecular weight is 195 g/mol. The summed E-state index contributed by atoms with van der Waals surface area (Å²) in [5.74, 6) is 0. The van der Waals surface area contributed by atoms with Crippen molar-refractivity contribution in [1.29, 1.82) is 0 Å². The van der Waals surface area contributed by atoms with Gasteiger partial charge in [0.05, 0.1) is 6.20 Å². The zero-order valence-electron chi connectivity index (χ0n) is 8.57. The highest BCUT2D eigenvalue weighted by Gasteiger charge is 2.15. The first kappa shape index (κ1) is 9.68. The molecule has 0 saturated carbocycles. The Kier molecular flexibility index (Phi) is 3.16. The summed E-state index contributed by atoms with van der Waals surface area (Å²) in [5.41, 5.74) is 1.13. The zero-order valence-corrected chi connectivity index (χ0v) is 8.57. The van der Waals surface area contributed by atoms with Crippen LogP contribution in [-0.2, 0) is 6.54 Å². The number of hydrogen-bond donors (Lipinski definition) is 1. The Balaban J connectivity index is 1.71. The highest BCUT2D eigenvalue weighted by molar-refractivity contribution is 4.99. The molecule has 1 N–H and O–H groups in total. The van der Waals surface area contributed by atoms with Gasteiger partial charge in [0.2, 0.25) is 0 Å². The molecule has 1 aliphatic heterocycles. The molecule has 1 aliphatic rings. The van der Waals surface area contributed by atoms with Crippen LogP contribution in [0.4, 0.5) is 0 Å². The summed E-state index contributed by atoms with van der Waals surface area (Å²) in [7, 11) is 2.18. The lowest BCUT2D eigenvalue weighted by atomic mass is 10.1. The van der Waals surface area contributed by atoms with E-state index in [9.17, 15) is 0 Å². The van der Waals surface area contributed by atoms with Crippen molar-refractivity contribution in [2.45, 2.75) is 25.4 Å². The van der Waals surface area contributed by atoms with Gasteiger partial charge in [0.1, 0.15) is 6.26 Å². The van der Waals surface area contributed by atoms with Crippen molar-refractivity contribution < 1.29 is 4.52 Å². The largest absolute Gasteiger partial charge is 0.364 e. The minimum Gasteiger partial charge on any atom is -0.364 e. The summed E-state index contributed by atoms with van der Waals surface area (Å²) in [6, 6.07) is 0.654. The van der Waals surface area contributed by atoms with Crippen LogP contribution in [0.3, 0.4) is 0 Å². The van der Waals surface area contributed by atoms with Gasteiger partial charge in [0, 0.05) is 18.2 Å². The van der Waals surface area contributed by atoms with Crippen molar-refractivity contribution in [3.63, 3.8) is 0 Å². The summed E-state index contributed by atoms with van der Waals surface area (Å²) in [4.78, 5) is 2.37. The van der Waals surface area contributed by atoms with Crippen LogP contribution in [-0.4, -0.2) is 36.2 Å². The van der Waals surface area contributed by atoms with E-state index in [-0.39, 0.29) is 0 Å². The topological polar surface area (TPSA) is 41.3 Å². The third kappa shape index (κ3) is 2.56. The van der Waals surface area contributed by atoms with Crippen molar-refractivity contribution in [3.05, 3.63) is 18.0 Å². The molecule has 1 fully saturated rings. The number of aromatic nitrogens is 1. The first-order valence-electron chi connectivity index (χ1n) is 5.15. The maximum Gasteiger partial charge on any atom is 0.128 e. The van der Waals surface area contributed by atoms with Gasteiger partial charge >= 0.3 is 0 Å². The molecule has 1 saturated heterocycles. The zero-order chi connectivity index (χ0) is 9.80. The number of likely N-dealkylation sites (tertiary alicyclic amines) is 1. The van der Waals surface area contributed by atoms with E-state index in [1.165, 1.54) is 25.9 Å². The number of piperidine rings is 1. The smallest absolute Gasteiger partial charge is 0.128 e. The lowest BCUT2D eigenvalue weighted by Gasteiger charge is -2.29. The normalized spacial score (nSPS) is 20.1. The standard InChI is InChI=1S/C10H17N3O/c1-13-4-2-10(3-5-13)11-6-9-7-12-14-8-9/h7-8,10-11H,2-6H2,1H3.